The normalized spacial score (nSPS) is 11.3. The molecule has 0 fully saturated rings. The van der Waals surface area contributed by atoms with Gasteiger partial charge in [-0.15, -0.1) is 5.10 Å². The number of nitrogen functional groups attached to an aromatic ring is 1. The number of fused-ring (bicyclic) bond motifs is 1. The van der Waals surface area contributed by atoms with E-state index in [4.69, 9.17) is 5.73 Å². The Hall–Kier alpha value is -2.51. The maximum Gasteiger partial charge on any atom is 0.201 e. The first-order chi connectivity index (χ1) is 9.15. The molecule has 98 valence electrons. The summed E-state index contributed by atoms with van der Waals surface area (Å²) in [4.78, 5) is 3.91. The van der Waals surface area contributed by atoms with Crippen molar-refractivity contribution in [2.45, 2.75) is 13.1 Å². The molecule has 0 bridgehead atoms. The highest BCUT2D eigenvalue weighted by Crippen LogP contribution is 2.22. The highest BCUT2D eigenvalue weighted by molar-refractivity contribution is 5.79. The lowest BCUT2D eigenvalue weighted by Crippen LogP contribution is -2.10. The van der Waals surface area contributed by atoms with Crippen LogP contribution in [0.5, 0.6) is 0 Å². The third-order valence-electron chi connectivity index (χ3n) is 2.83. The summed E-state index contributed by atoms with van der Waals surface area (Å²) >= 11 is 0. The van der Waals surface area contributed by atoms with Gasteiger partial charge < -0.3 is 10.3 Å². The minimum Gasteiger partial charge on any atom is -0.369 e. The van der Waals surface area contributed by atoms with E-state index in [1.165, 1.54) is 6.07 Å². The van der Waals surface area contributed by atoms with Crippen molar-refractivity contribution in [3.63, 3.8) is 0 Å². The first-order valence-electron chi connectivity index (χ1n) is 5.60. The summed E-state index contributed by atoms with van der Waals surface area (Å²) in [6, 6.07) is 2.00. The Bertz CT molecular complexity index is 718. The smallest absolute Gasteiger partial charge is 0.201 e. The van der Waals surface area contributed by atoms with Crippen molar-refractivity contribution in [3.05, 3.63) is 36.2 Å². The summed E-state index contributed by atoms with van der Waals surface area (Å²) < 4.78 is 29.9. The molecule has 1 aromatic carbocycles. The van der Waals surface area contributed by atoms with E-state index in [0.717, 1.165) is 6.07 Å². The molecule has 8 heteroatoms. The minimum absolute atomic E-state index is 0.0671. The number of anilines is 1. The monoisotopic (exact) mass is 264 g/mol. The lowest BCUT2D eigenvalue weighted by atomic mass is 10.3. The van der Waals surface area contributed by atoms with E-state index < -0.39 is 11.6 Å². The van der Waals surface area contributed by atoms with Gasteiger partial charge in [-0.2, -0.15) is 0 Å². The number of nitrogens with two attached hydrogens (primary N) is 1. The van der Waals surface area contributed by atoms with Crippen molar-refractivity contribution in [1.82, 2.24) is 24.5 Å². The maximum atomic E-state index is 13.6. The van der Waals surface area contributed by atoms with Crippen LogP contribution in [-0.2, 0) is 13.1 Å². The van der Waals surface area contributed by atoms with Crippen molar-refractivity contribution in [1.29, 1.82) is 0 Å². The van der Waals surface area contributed by atoms with E-state index in [1.54, 1.807) is 21.6 Å². The van der Waals surface area contributed by atoms with E-state index in [9.17, 15) is 8.78 Å². The Balaban J connectivity index is 2.00. The van der Waals surface area contributed by atoms with Crippen LogP contribution >= 0.6 is 0 Å². The van der Waals surface area contributed by atoms with Crippen LogP contribution in [0.1, 0.15) is 0 Å². The van der Waals surface area contributed by atoms with Crippen molar-refractivity contribution in [2.24, 2.45) is 0 Å². The number of hydrogen-bond acceptors (Lipinski definition) is 4. The third kappa shape index (κ3) is 2.01. The number of rotatable bonds is 3. The summed E-state index contributed by atoms with van der Waals surface area (Å²) in [5.41, 5.74) is 6.13. The molecular formula is C11H10F2N6. The lowest BCUT2D eigenvalue weighted by Gasteiger charge is -2.06. The molecule has 2 aromatic heterocycles. The summed E-state index contributed by atoms with van der Waals surface area (Å²) in [5, 5.41) is 7.48. The fourth-order valence-corrected chi connectivity index (χ4v) is 1.96. The zero-order valence-corrected chi connectivity index (χ0v) is 9.79. The van der Waals surface area contributed by atoms with Crippen molar-refractivity contribution >= 4 is 17.0 Å². The second-order valence-corrected chi connectivity index (χ2v) is 4.04. The number of nitrogens with zero attached hydrogens (tertiary/aromatic N) is 5. The summed E-state index contributed by atoms with van der Waals surface area (Å²) in [6.07, 6.45) is 3.24. The molecule has 2 heterocycles. The van der Waals surface area contributed by atoms with Gasteiger partial charge in [0.15, 0.2) is 5.82 Å². The van der Waals surface area contributed by atoms with Gasteiger partial charge in [0, 0.05) is 24.9 Å². The fourth-order valence-electron chi connectivity index (χ4n) is 1.96. The molecule has 2 N–H and O–H groups in total. The minimum atomic E-state index is -0.721. The summed E-state index contributed by atoms with van der Waals surface area (Å²) in [6.45, 7) is 0.877. The van der Waals surface area contributed by atoms with Crippen molar-refractivity contribution in [3.8, 4) is 0 Å². The molecule has 6 nitrogen and oxygen atoms in total. The Kier molecular flexibility index (Phi) is 2.62. The van der Waals surface area contributed by atoms with Crippen LogP contribution in [0, 0.1) is 11.6 Å². The van der Waals surface area contributed by atoms with Gasteiger partial charge in [-0.25, -0.2) is 13.8 Å². The molecule has 0 aliphatic rings. The zero-order valence-electron chi connectivity index (χ0n) is 9.79. The zero-order chi connectivity index (χ0) is 13.4. The Labute approximate surface area is 106 Å². The quantitative estimate of drug-likeness (QED) is 0.771. The molecule has 0 aliphatic heterocycles. The molecule has 19 heavy (non-hydrogen) atoms. The number of hydrogen-bond donors (Lipinski definition) is 1. The molecule has 0 spiro atoms. The van der Waals surface area contributed by atoms with Crippen LogP contribution in [0.15, 0.2) is 24.5 Å². The summed E-state index contributed by atoms with van der Waals surface area (Å²) in [7, 11) is 0. The lowest BCUT2D eigenvalue weighted by molar-refractivity contribution is 0.528. The Morgan fingerprint density at radius 2 is 2.05 bits per heavy atom. The molecule has 0 unspecified atom stereocenters. The van der Waals surface area contributed by atoms with Crippen LogP contribution in [-0.4, -0.2) is 24.5 Å². The van der Waals surface area contributed by atoms with Crippen LogP contribution in [0.2, 0.25) is 0 Å². The largest absolute Gasteiger partial charge is 0.369 e. The number of aryl methyl sites for hydroxylation is 2. The van der Waals surface area contributed by atoms with Crippen molar-refractivity contribution < 1.29 is 8.78 Å². The molecule has 3 rings (SSSR count). The number of halogens is 2. The van der Waals surface area contributed by atoms with Crippen LogP contribution in [0.3, 0.4) is 0 Å². The number of aromatic nitrogens is 5. The highest BCUT2D eigenvalue weighted by Gasteiger charge is 2.13. The molecule has 0 aliphatic carbocycles. The SMILES string of the molecule is Nc1nc2c(F)cc(F)cc2n1CCn1ccnn1. The first kappa shape index (κ1) is 11.6. The fraction of sp³-hybridized carbons (Fsp3) is 0.182. The van der Waals surface area contributed by atoms with Crippen LogP contribution in [0.4, 0.5) is 14.7 Å². The molecule has 3 aromatic rings. The number of imidazole rings is 1. The molecule has 0 saturated heterocycles. The van der Waals surface area contributed by atoms with Gasteiger partial charge in [0.1, 0.15) is 11.3 Å². The highest BCUT2D eigenvalue weighted by atomic mass is 19.1. The second-order valence-electron chi connectivity index (χ2n) is 4.04. The van der Waals surface area contributed by atoms with Crippen LogP contribution in [0.25, 0.3) is 11.0 Å². The van der Waals surface area contributed by atoms with Gasteiger partial charge in [-0.1, -0.05) is 5.21 Å². The molecule has 0 saturated carbocycles. The second kappa shape index (κ2) is 4.30. The number of benzene rings is 1. The van der Waals surface area contributed by atoms with E-state index in [2.05, 4.69) is 15.3 Å². The van der Waals surface area contributed by atoms with E-state index >= 15 is 0 Å². The third-order valence-corrected chi connectivity index (χ3v) is 2.83. The molecule has 0 radical (unpaired) electrons. The predicted molar refractivity (Wildman–Crippen MR) is 64.1 cm³/mol. The molecule has 0 atom stereocenters. The molecular weight excluding hydrogens is 254 g/mol. The topological polar surface area (TPSA) is 74.5 Å². The molecule has 0 amide bonds. The van der Waals surface area contributed by atoms with Crippen molar-refractivity contribution in [2.75, 3.05) is 5.73 Å². The van der Waals surface area contributed by atoms with Gasteiger partial charge in [0.25, 0.3) is 0 Å². The van der Waals surface area contributed by atoms with Gasteiger partial charge >= 0.3 is 0 Å². The van der Waals surface area contributed by atoms with Gasteiger partial charge in [-0.3, -0.25) is 4.68 Å². The standard InChI is InChI=1S/C11H10F2N6/c12-7-5-8(13)10-9(6-7)19(11(14)16-10)4-3-18-2-1-15-17-18/h1-2,5-6H,3-4H2,(H2,14,16). The first-order valence-corrected chi connectivity index (χ1v) is 5.60. The van der Waals surface area contributed by atoms with Crippen LogP contribution < -0.4 is 5.73 Å². The predicted octanol–water partition coefficient (Wildman–Crippen LogP) is 1.19. The van der Waals surface area contributed by atoms with E-state index in [0.29, 0.717) is 18.6 Å². The summed E-state index contributed by atoms with van der Waals surface area (Å²) in [5.74, 6) is -1.24. The maximum absolute atomic E-state index is 13.6. The average Bonchev–Trinajstić information content (AvgIpc) is 2.95. The van der Waals surface area contributed by atoms with E-state index in [-0.39, 0.29) is 11.5 Å². The van der Waals surface area contributed by atoms with E-state index in [1.807, 2.05) is 0 Å². The van der Waals surface area contributed by atoms with Gasteiger partial charge in [0.05, 0.1) is 18.3 Å². The average molecular weight is 264 g/mol. The van der Waals surface area contributed by atoms with Gasteiger partial charge in [-0.05, 0) is 0 Å². The Morgan fingerprint density at radius 1 is 1.21 bits per heavy atom. The Morgan fingerprint density at radius 3 is 2.79 bits per heavy atom. The van der Waals surface area contributed by atoms with Gasteiger partial charge in [0.2, 0.25) is 5.95 Å².